The summed E-state index contributed by atoms with van der Waals surface area (Å²) in [5.41, 5.74) is 3.84. The van der Waals surface area contributed by atoms with Crippen molar-refractivity contribution in [2.75, 3.05) is 18.0 Å². The molecule has 0 heterocycles. The van der Waals surface area contributed by atoms with Crippen molar-refractivity contribution < 1.29 is 13.2 Å². The molecule has 0 bridgehead atoms. The van der Waals surface area contributed by atoms with Gasteiger partial charge < -0.3 is 4.90 Å². The molecule has 1 amide bonds. The van der Waals surface area contributed by atoms with Crippen LogP contribution in [0.5, 0.6) is 0 Å². The molecule has 3 rings (SSSR count). The van der Waals surface area contributed by atoms with Crippen LogP contribution in [-0.2, 0) is 16.6 Å². The van der Waals surface area contributed by atoms with Crippen LogP contribution in [0.25, 0.3) is 11.1 Å². The molecule has 5 nitrogen and oxygen atoms in total. The Balaban J connectivity index is 1.75. The number of carbonyl (C=O) groups is 1. The predicted octanol–water partition coefficient (Wildman–Crippen LogP) is 4.00. The Labute approximate surface area is 165 Å². The molecule has 0 spiro atoms. The first-order valence-corrected chi connectivity index (χ1v) is 10.7. The Morgan fingerprint density at radius 1 is 0.857 bits per heavy atom. The van der Waals surface area contributed by atoms with Gasteiger partial charge in [-0.1, -0.05) is 66.7 Å². The van der Waals surface area contributed by atoms with Crippen LogP contribution in [0.4, 0.5) is 5.69 Å². The Morgan fingerprint density at radius 2 is 1.43 bits per heavy atom. The summed E-state index contributed by atoms with van der Waals surface area (Å²) in [6.07, 6.45) is 1.06. The van der Waals surface area contributed by atoms with Gasteiger partial charge in [-0.2, -0.15) is 0 Å². The number of hydrogen-bond acceptors (Lipinski definition) is 3. The molecule has 0 unspecified atom stereocenters. The zero-order chi connectivity index (χ0) is 20.1. The van der Waals surface area contributed by atoms with Gasteiger partial charge in [0.2, 0.25) is 10.0 Å². The Hall–Kier alpha value is -3.12. The van der Waals surface area contributed by atoms with Gasteiger partial charge in [0, 0.05) is 13.6 Å². The molecule has 0 aliphatic rings. The molecule has 1 N–H and O–H groups in total. The SMILES string of the molecule is CN(Cc1ccc(-c2ccccc2)cc1)C(=O)c1ccccc1NS(C)(=O)=O. The van der Waals surface area contributed by atoms with Gasteiger partial charge in [-0.25, -0.2) is 8.42 Å². The number of sulfonamides is 1. The minimum absolute atomic E-state index is 0.251. The highest BCUT2D eigenvalue weighted by molar-refractivity contribution is 7.92. The van der Waals surface area contributed by atoms with Gasteiger partial charge in [0.05, 0.1) is 17.5 Å². The first-order valence-electron chi connectivity index (χ1n) is 8.80. The van der Waals surface area contributed by atoms with Crippen molar-refractivity contribution in [2.24, 2.45) is 0 Å². The van der Waals surface area contributed by atoms with Crippen LogP contribution in [0.15, 0.2) is 78.9 Å². The van der Waals surface area contributed by atoms with Crippen LogP contribution in [0.2, 0.25) is 0 Å². The number of benzene rings is 3. The van der Waals surface area contributed by atoms with E-state index in [0.717, 1.165) is 22.9 Å². The van der Waals surface area contributed by atoms with Gasteiger partial charge in [-0.3, -0.25) is 9.52 Å². The predicted molar refractivity (Wildman–Crippen MR) is 113 cm³/mol. The maximum Gasteiger partial charge on any atom is 0.256 e. The van der Waals surface area contributed by atoms with Gasteiger partial charge in [0.15, 0.2) is 0 Å². The highest BCUT2D eigenvalue weighted by atomic mass is 32.2. The van der Waals surface area contributed by atoms with Crippen LogP contribution >= 0.6 is 0 Å². The van der Waals surface area contributed by atoms with Crippen molar-refractivity contribution in [3.8, 4) is 11.1 Å². The normalized spacial score (nSPS) is 11.1. The topological polar surface area (TPSA) is 66.5 Å². The van der Waals surface area contributed by atoms with E-state index in [9.17, 15) is 13.2 Å². The van der Waals surface area contributed by atoms with E-state index < -0.39 is 10.0 Å². The second-order valence-electron chi connectivity index (χ2n) is 6.64. The van der Waals surface area contributed by atoms with E-state index in [4.69, 9.17) is 0 Å². The number of rotatable bonds is 6. The fourth-order valence-electron chi connectivity index (χ4n) is 2.94. The molecule has 0 atom stereocenters. The number of amides is 1. The van der Waals surface area contributed by atoms with Gasteiger partial charge in [0.25, 0.3) is 5.91 Å². The minimum Gasteiger partial charge on any atom is -0.337 e. The van der Waals surface area contributed by atoms with E-state index in [1.54, 1.807) is 36.2 Å². The summed E-state index contributed by atoms with van der Waals surface area (Å²) in [6.45, 7) is 0.418. The number of nitrogens with one attached hydrogen (secondary N) is 1. The number of carbonyl (C=O) groups excluding carboxylic acids is 1. The summed E-state index contributed by atoms with van der Waals surface area (Å²) in [5.74, 6) is -0.251. The lowest BCUT2D eigenvalue weighted by atomic mass is 10.0. The highest BCUT2D eigenvalue weighted by Crippen LogP contribution is 2.21. The summed E-state index contributed by atoms with van der Waals surface area (Å²) < 4.78 is 25.5. The van der Waals surface area contributed by atoms with Crippen LogP contribution < -0.4 is 4.72 Å². The Morgan fingerprint density at radius 3 is 2.07 bits per heavy atom. The van der Waals surface area contributed by atoms with Crippen molar-refractivity contribution in [1.29, 1.82) is 0 Å². The second-order valence-corrected chi connectivity index (χ2v) is 8.39. The minimum atomic E-state index is -3.47. The molecule has 0 saturated carbocycles. The maximum absolute atomic E-state index is 12.8. The van der Waals surface area contributed by atoms with Crippen molar-refractivity contribution in [2.45, 2.75) is 6.54 Å². The summed E-state index contributed by atoms with van der Waals surface area (Å²) in [5, 5.41) is 0. The Bertz CT molecular complexity index is 1060. The molecule has 3 aromatic carbocycles. The number of hydrogen-bond donors (Lipinski definition) is 1. The van der Waals surface area contributed by atoms with Gasteiger partial charge >= 0.3 is 0 Å². The van der Waals surface area contributed by atoms with Crippen LogP contribution in [0, 0.1) is 0 Å². The third kappa shape index (κ3) is 4.98. The highest BCUT2D eigenvalue weighted by Gasteiger charge is 2.17. The van der Waals surface area contributed by atoms with Gasteiger partial charge in [-0.15, -0.1) is 0 Å². The molecular weight excluding hydrogens is 372 g/mol. The summed E-state index contributed by atoms with van der Waals surface area (Å²) >= 11 is 0. The average Bonchev–Trinajstić information content (AvgIpc) is 2.68. The third-order valence-corrected chi connectivity index (χ3v) is 4.87. The Kier molecular flexibility index (Phi) is 5.80. The van der Waals surface area contributed by atoms with Crippen molar-refractivity contribution in [3.63, 3.8) is 0 Å². The largest absolute Gasteiger partial charge is 0.337 e. The van der Waals surface area contributed by atoms with E-state index in [-0.39, 0.29) is 11.6 Å². The van der Waals surface area contributed by atoms with Gasteiger partial charge in [0.1, 0.15) is 0 Å². The first-order chi connectivity index (χ1) is 13.3. The molecule has 0 radical (unpaired) electrons. The molecule has 0 aliphatic heterocycles. The lowest BCUT2D eigenvalue weighted by molar-refractivity contribution is 0.0786. The number of anilines is 1. The molecule has 0 saturated heterocycles. The maximum atomic E-state index is 12.8. The number of para-hydroxylation sites is 1. The van der Waals surface area contributed by atoms with E-state index >= 15 is 0 Å². The fourth-order valence-corrected chi connectivity index (χ4v) is 3.52. The zero-order valence-corrected chi connectivity index (χ0v) is 16.6. The van der Waals surface area contributed by atoms with E-state index in [1.165, 1.54) is 0 Å². The average molecular weight is 394 g/mol. The van der Waals surface area contributed by atoms with Crippen molar-refractivity contribution in [3.05, 3.63) is 90.0 Å². The molecule has 0 fully saturated rings. The molecule has 6 heteroatoms. The molecule has 28 heavy (non-hydrogen) atoms. The zero-order valence-electron chi connectivity index (χ0n) is 15.8. The molecule has 3 aromatic rings. The fraction of sp³-hybridized carbons (Fsp3) is 0.136. The summed E-state index contributed by atoms with van der Waals surface area (Å²) in [7, 11) is -1.77. The van der Waals surface area contributed by atoms with Crippen molar-refractivity contribution >= 4 is 21.6 Å². The summed E-state index contributed by atoms with van der Waals surface area (Å²) in [4.78, 5) is 14.4. The monoisotopic (exact) mass is 394 g/mol. The lowest BCUT2D eigenvalue weighted by Gasteiger charge is -2.19. The second kappa shape index (κ2) is 8.27. The van der Waals surface area contributed by atoms with E-state index in [2.05, 4.69) is 16.9 Å². The molecular formula is C22H22N2O3S. The number of nitrogens with zero attached hydrogens (tertiary/aromatic N) is 1. The lowest BCUT2D eigenvalue weighted by Crippen LogP contribution is -2.27. The molecule has 0 aromatic heterocycles. The first kappa shape index (κ1) is 19.6. The van der Waals surface area contributed by atoms with Gasteiger partial charge in [-0.05, 0) is 28.8 Å². The molecule has 0 aliphatic carbocycles. The van der Waals surface area contributed by atoms with E-state index in [0.29, 0.717) is 12.1 Å². The van der Waals surface area contributed by atoms with E-state index in [1.807, 2.05) is 42.5 Å². The third-order valence-electron chi connectivity index (χ3n) is 4.28. The quantitative estimate of drug-likeness (QED) is 0.687. The summed E-state index contributed by atoms with van der Waals surface area (Å²) in [6, 6.07) is 24.7. The molecule has 144 valence electrons. The van der Waals surface area contributed by atoms with Crippen molar-refractivity contribution in [1.82, 2.24) is 4.90 Å². The van der Waals surface area contributed by atoms with Crippen LogP contribution in [0.1, 0.15) is 15.9 Å². The van der Waals surface area contributed by atoms with Crippen LogP contribution in [-0.4, -0.2) is 32.5 Å². The van der Waals surface area contributed by atoms with Crippen LogP contribution in [0.3, 0.4) is 0 Å². The smallest absolute Gasteiger partial charge is 0.256 e. The standard InChI is InChI=1S/C22H22N2O3S/c1-24(22(25)20-10-6-7-11-21(20)23-28(2,26)27)16-17-12-14-19(15-13-17)18-8-4-3-5-9-18/h3-15,23H,16H2,1-2H3.